The largest absolute Gasteiger partial charge is 0.467 e. The second kappa shape index (κ2) is 12.4. The van der Waals surface area contributed by atoms with Crippen molar-refractivity contribution in [1.29, 1.82) is 0 Å². The molecule has 2 rings (SSSR count). The number of methoxy groups -OCH3 is 1. The van der Waals surface area contributed by atoms with Crippen LogP contribution < -0.4 is 0 Å². The molecule has 0 radical (unpaired) electrons. The Balaban J connectivity index is 2.61. The van der Waals surface area contributed by atoms with E-state index in [1.807, 2.05) is 0 Å². The van der Waals surface area contributed by atoms with Gasteiger partial charge in [-0.15, -0.1) is 0 Å². The molecule has 1 unspecified atom stereocenters. The van der Waals surface area contributed by atoms with Crippen molar-refractivity contribution in [2.45, 2.75) is 77.2 Å². The number of nitrogens with zero attached hydrogens (tertiary/aromatic N) is 5. The third kappa shape index (κ3) is 8.76. The zero-order chi connectivity index (χ0) is 30.5. The fourth-order valence-electron chi connectivity index (χ4n) is 3.21. The molecule has 0 saturated heterocycles. The number of amides is 3. The third-order valence-electron chi connectivity index (χ3n) is 4.96. The molecular formula is C25H35N5O9S. The number of hydrogen-bond acceptors (Lipinski definition) is 11. The zero-order valence-corrected chi connectivity index (χ0v) is 24.6. The highest BCUT2D eigenvalue weighted by Crippen LogP contribution is 2.22. The minimum Gasteiger partial charge on any atom is -0.467 e. The first-order valence-corrected chi connectivity index (χ1v) is 13.6. The summed E-state index contributed by atoms with van der Waals surface area (Å²) < 4.78 is 43.9. The summed E-state index contributed by atoms with van der Waals surface area (Å²) >= 11 is 0. The standard InChI is InChI=1S/C25H35N5O9S/c1-17-9-11-18(12-10-17)40(35,36)29(22(33)38-24(2,3)4)14-20(31)30(23(34)39-25(5,6)7)19(21(32)37-8)13-28-16-26-15-27-28/h9-12,15-16,19H,13-14H2,1-8H3. The van der Waals surface area contributed by atoms with Crippen LogP contribution in [0.25, 0.3) is 0 Å². The number of ether oxygens (including phenoxy) is 3. The van der Waals surface area contributed by atoms with Gasteiger partial charge in [0.15, 0.2) is 6.04 Å². The Kier molecular flexibility index (Phi) is 10.0. The fraction of sp³-hybridized carbons (Fsp3) is 0.520. The number of aryl methyl sites for hydroxylation is 1. The monoisotopic (exact) mass is 581 g/mol. The first-order valence-electron chi connectivity index (χ1n) is 12.1. The molecule has 0 aliphatic heterocycles. The smallest absolute Gasteiger partial charge is 0.424 e. The third-order valence-corrected chi connectivity index (χ3v) is 6.68. The Morgan fingerprint density at radius 1 is 0.950 bits per heavy atom. The number of esters is 1. The number of carbonyl (C=O) groups is 4. The van der Waals surface area contributed by atoms with Crippen molar-refractivity contribution in [3.8, 4) is 0 Å². The van der Waals surface area contributed by atoms with E-state index in [-0.39, 0.29) is 9.20 Å². The van der Waals surface area contributed by atoms with Crippen LogP contribution in [0, 0.1) is 6.92 Å². The van der Waals surface area contributed by atoms with Gasteiger partial charge >= 0.3 is 18.2 Å². The average Bonchev–Trinajstić information content (AvgIpc) is 3.32. The van der Waals surface area contributed by atoms with Crippen LogP contribution in [-0.2, 0) is 40.4 Å². The van der Waals surface area contributed by atoms with Crippen LogP contribution in [0.15, 0.2) is 41.8 Å². The Morgan fingerprint density at radius 3 is 1.98 bits per heavy atom. The number of hydrogen-bond donors (Lipinski definition) is 0. The number of sulfonamides is 1. The molecule has 0 fully saturated rings. The summed E-state index contributed by atoms with van der Waals surface area (Å²) in [7, 11) is -3.62. The molecule has 40 heavy (non-hydrogen) atoms. The lowest BCUT2D eigenvalue weighted by atomic mass is 10.2. The van der Waals surface area contributed by atoms with Gasteiger partial charge in [-0.3, -0.25) is 9.48 Å². The second-order valence-electron chi connectivity index (χ2n) is 10.7. The molecule has 0 saturated carbocycles. The van der Waals surface area contributed by atoms with E-state index in [1.54, 1.807) is 6.92 Å². The molecule has 0 aliphatic rings. The summed E-state index contributed by atoms with van der Waals surface area (Å²) in [4.78, 5) is 56.8. The van der Waals surface area contributed by atoms with Gasteiger partial charge in [0.2, 0.25) is 0 Å². The van der Waals surface area contributed by atoms with Gasteiger partial charge in [0.25, 0.3) is 15.9 Å². The SMILES string of the molecule is COC(=O)C(Cn1cncn1)N(C(=O)CN(C(=O)OC(C)(C)C)S(=O)(=O)c1ccc(C)cc1)C(=O)OC(C)(C)C. The molecule has 220 valence electrons. The minimum atomic E-state index is -4.66. The van der Waals surface area contributed by atoms with Gasteiger partial charge in [-0.2, -0.15) is 9.40 Å². The fourth-order valence-corrected chi connectivity index (χ4v) is 4.46. The first kappa shape index (κ1) is 32.2. The maximum absolute atomic E-state index is 13.7. The lowest BCUT2D eigenvalue weighted by Gasteiger charge is -2.32. The Labute approximate surface area is 233 Å². The lowest BCUT2D eigenvalue weighted by molar-refractivity contribution is -0.153. The molecule has 2 aromatic rings. The molecule has 1 heterocycles. The summed E-state index contributed by atoms with van der Waals surface area (Å²) in [6.45, 7) is 9.30. The Hall–Kier alpha value is -4.01. The van der Waals surface area contributed by atoms with Crippen LogP contribution in [0.3, 0.4) is 0 Å². The Bertz CT molecular complexity index is 1310. The molecule has 3 amide bonds. The molecule has 1 atom stereocenters. The van der Waals surface area contributed by atoms with Crippen LogP contribution in [0.2, 0.25) is 0 Å². The average molecular weight is 582 g/mol. The molecule has 15 heteroatoms. The van der Waals surface area contributed by atoms with Gasteiger partial charge in [-0.05, 0) is 60.6 Å². The molecule has 0 aliphatic carbocycles. The highest BCUT2D eigenvalue weighted by Gasteiger charge is 2.43. The number of carbonyl (C=O) groups excluding carboxylic acids is 4. The molecule has 1 aromatic heterocycles. The predicted molar refractivity (Wildman–Crippen MR) is 140 cm³/mol. The first-order chi connectivity index (χ1) is 18.4. The van der Waals surface area contributed by atoms with Crippen molar-refractivity contribution in [1.82, 2.24) is 24.0 Å². The molecule has 0 bridgehead atoms. The van der Waals surface area contributed by atoms with E-state index in [1.165, 1.54) is 83.1 Å². The van der Waals surface area contributed by atoms with E-state index in [0.717, 1.165) is 12.7 Å². The van der Waals surface area contributed by atoms with E-state index in [9.17, 15) is 27.6 Å². The molecule has 0 spiro atoms. The van der Waals surface area contributed by atoms with E-state index < -0.39 is 64.4 Å². The summed E-state index contributed by atoms with van der Waals surface area (Å²) in [5, 5.41) is 3.89. The molecular weight excluding hydrogens is 546 g/mol. The summed E-state index contributed by atoms with van der Waals surface area (Å²) in [5.41, 5.74) is -1.49. The predicted octanol–water partition coefficient (Wildman–Crippen LogP) is 2.52. The van der Waals surface area contributed by atoms with Crippen molar-refractivity contribution in [2.24, 2.45) is 0 Å². The van der Waals surface area contributed by atoms with Crippen molar-refractivity contribution in [2.75, 3.05) is 13.7 Å². The minimum absolute atomic E-state index is 0.201. The van der Waals surface area contributed by atoms with Gasteiger partial charge < -0.3 is 14.2 Å². The summed E-state index contributed by atoms with van der Waals surface area (Å²) in [5.74, 6) is -2.29. The molecule has 1 aromatic carbocycles. The van der Waals surface area contributed by atoms with Crippen molar-refractivity contribution in [3.05, 3.63) is 42.5 Å². The Morgan fingerprint density at radius 2 is 1.50 bits per heavy atom. The summed E-state index contributed by atoms with van der Waals surface area (Å²) in [6, 6.07) is 3.90. The number of rotatable bonds is 8. The van der Waals surface area contributed by atoms with Crippen LogP contribution in [0.5, 0.6) is 0 Å². The van der Waals surface area contributed by atoms with Gasteiger partial charge in [0.05, 0.1) is 18.6 Å². The maximum Gasteiger partial charge on any atom is 0.424 e. The second-order valence-corrected chi connectivity index (χ2v) is 12.6. The van der Waals surface area contributed by atoms with Crippen LogP contribution in [0.1, 0.15) is 47.1 Å². The molecule has 14 nitrogen and oxygen atoms in total. The summed E-state index contributed by atoms with van der Waals surface area (Å²) in [6.07, 6.45) is -0.226. The van der Waals surface area contributed by atoms with E-state index in [2.05, 4.69) is 10.1 Å². The highest BCUT2D eigenvalue weighted by atomic mass is 32.2. The van der Waals surface area contributed by atoms with Gasteiger partial charge in [-0.25, -0.2) is 32.7 Å². The number of aromatic nitrogens is 3. The van der Waals surface area contributed by atoms with Crippen molar-refractivity contribution >= 4 is 34.1 Å². The topological polar surface area (TPSA) is 167 Å². The van der Waals surface area contributed by atoms with Crippen molar-refractivity contribution in [3.63, 3.8) is 0 Å². The maximum atomic E-state index is 13.7. The van der Waals surface area contributed by atoms with Gasteiger partial charge in [0, 0.05) is 0 Å². The highest BCUT2D eigenvalue weighted by molar-refractivity contribution is 7.89. The van der Waals surface area contributed by atoms with E-state index in [4.69, 9.17) is 14.2 Å². The number of benzene rings is 1. The van der Waals surface area contributed by atoms with Crippen molar-refractivity contribution < 1.29 is 41.8 Å². The van der Waals surface area contributed by atoms with Gasteiger partial charge in [0.1, 0.15) is 30.4 Å². The zero-order valence-electron chi connectivity index (χ0n) is 23.8. The van der Waals surface area contributed by atoms with Crippen LogP contribution in [0.4, 0.5) is 9.59 Å². The quantitative estimate of drug-likeness (QED) is 0.332. The van der Waals surface area contributed by atoms with E-state index in [0.29, 0.717) is 4.90 Å². The van der Waals surface area contributed by atoms with Crippen LogP contribution in [-0.4, -0.2) is 87.3 Å². The van der Waals surface area contributed by atoms with Gasteiger partial charge in [-0.1, -0.05) is 17.7 Å². The normalized spacial score (nSPS) is 12.7. The molecule has 0 N–H and O–H groups in total. The number of imide groups is 1. The van der Waals surface area contributed by atoms with Crippen LogP contribution >= 0.6 is 0 Å². The lowest BCUT2D eigenvalue weighted by Crippen LogP contribution is -2.56. The van der Waals surface area contributed by atoms with E-state index >= 15 is 0 Å².